The highest BCUT2D eigenvalue weighted by Gasteiger charge is 2.72. The third kappa shape index (κ3) is 2.41. The minimum Gasteiger partial charge on any atom is -0.481 e. The zero-order valence-electron chi connectivity index (χ0n) is 14.2. The largest absolute Gasteiger partial charge is 0.481 e. The molecule has 26 heavy (non-hydrogen) atoms. The number of hydrogen-bond acceptors (Lipinski definition) is 8. The Balaban J connectivity index is 1.86. The van der Waals surface area contributed by atoms with Crippen LogP contribution < -0.4 is 0 Å². The second-order valence-electron chi connectivity index (χ2n) is 6.49. The smallest absolute Gasteiger partial charge is 0.315 e. The molecule has 3 aliphatic heterocycles. The zero-order valence-corrected chi connectivity index (χ0v) is 15.0. The molecule has 0 aliphatic carbocycles. The number of rotatable bonds is 5. The minimum atomic E-state index is -1.73. The van der Waals surface area contributed by atoms with Crippen molar-refractivity contribution in [3.05, 3.63) is 0 Å². The average molecular weight is 386 g/mol. The maximum absolute atomic E-state index is 12.8. The van der Waals surface area contributed by atoms with E-state index in [-0.39, 0.29) is 31.7 Å². The summed E-state index contributed by atoms with van der Waals surface area (Å²) in [6, 6.07) is 0. The quantitative estimate of drug-likeness (QED) is 0.360. The second-order valence-corrected chi connectivity index (χ2v) is 7.55. The molecule has 10 nitrogen and oxygen atoms in total. The van der Waals surface area contributed by atoms with Crippen LogP contribution in [0.3, 0.4) is 0 Å². The van der Waals surface area contributed by atoms with Crippen LogP contribution in [0.15, 0.2) is 0 Å². The maximum Gasteiger partial charge on any atom is 0.315 e. The van der Waals surface area contributed by atoms with Gasteiger partial charge in [0.25, 0.3) is 11.6 Å². The highest BCUT2D eigenvalue weighted by Crippen LogP contribution is 2.51. The predicted octanol–water partition coefficient (Wildman–Crippen LogP) is -0.973. The lowest BCUT2D eigenvalue weighted by molar-refractivity contribution is -0.228. The maximum atomic E-state index is 12.8. The van der Waals surface area contributed by atoms with Gasteiger partial charge in [-0.1, -0.05) is 0 Å². The Morgan fingerprint density at radius 3 is 2.38 bits per heavy atom. The van der Waals surface area contributed by atoms with E-state index >= 15 is 0 Å². The van der Waals surface area contributed by atoms with Crippen LogP contribution in [0.2, 0.25) is 0 Å². The van der Waals surface area contributed by atoms with Gasteiger partial charge in [-0.3, -0.25) is 24.0 Å². The van der Waals surface area contributed by atoms with Crippen LogP contribution in [-0.2, 0) is 33.4 Å². The van der Waals surface area contributed by atoms with Crippen molar-refractivity contribution in [2.45, 2.75) is 30.9 Å². The molecular weight excluding hydrogens is 368 g/mol. The van der Waals surface area contributed by atoms with Crippen LogP contribution in [0, 0.1) is 5.41 Å². The molecule has 3 heterocycles. The van der Waals surface area contributed by atoms with Crippen LogP contribution in [0.1, 0.15) is 19.8 Å². The number of carboxylic acid groups (broad SMARTS) is 1. The van der Waals surface area contributed by atoms with Gasteiger partial charge in [-0.25, -0.2) is 4.90 Å². The number of likely N-dealkylation sites (tertiary alicyclic amines) is 1. The monoisotopic (exact) mass is 386 g/mol. The number of fused-ring (bicyclic) bond motifs is 1. The van der Waals surface area contributed by atoms with Crippen LogP contribution in [0.5, 0.6) is 0 Å². The summed E-state index contributed by atoms with van der Waals surface area (Å²) >= 11 is 1.09. The van der Waals surface area contributed by atoms with Gasteiger partial charge in [-0.2, -0.15) is 0 Å². The molecule has 0 bridgehead atoms. The number of aliphatic carboxylic acids is 1. The topological polar surface area (TPSA) is 131 Å². The summed E-state index contributed by atoms with van der Waals surface area (Å²) in [5, 5.41) is 8.91. The molecule has 0 saturated carbocycles. The van der Waals surface area contributed by atoms with Crippen LogP contribution >= 0.6 is 11.8 Å². The first kappa shape index (κ1) is 18.6. The third-order valence-electron chi connectivity index (χ3n) is 4.88. The predicted molar refractivity (Wildman–Crippen MR) is 85.5 cm³/mol. The number of ether oxygens (including phenoxy) is 2. The van der Waals surface area contributed by atoms with E-state index in [1.807, 2.05) is 0 Å². The van der Waals surface area contributed by atoms with Crippen molar-refractivity contribution in [2.24, 2.45) is 5.41 Å². The number of carbonyl (C=O) groups is 5. The number of imide groups is 1. The van der Waals surface area contributed by atoms with Gasteiger partial charge in [0.1, 0.15) is 17.4 Å². The number of carbonyl (C=O) groups excluding carboxylic acids is 4. The Kier molecular flexibility index (Phi) is 4.47. The number of nitrogens with zero attached hydrogens (tertiary/aromatic N) is 2. The summed E-state index contributed by atoms with van der Waals surface area (Å²) in [4.78, 5) is 62.0. The van der Waals surface area contributed by atoms with Gasteiger partial charge >= 0.3 is 11.9 Å². The molecule has 0 aromatic heterocycles. The van der Waals surface area contributed by atoms with E-state index < -0.39 is 46.2 Å². The molecule has 3 amide bonds. The fourth-order valence-electron chi connectivity index (χ4n) is 3.48. The van der Waals surface area contributed by atoms with E-state index in [1.54, 1.807) is 0 Å². The first-order chi connectivity index (χ1) is 12.2. The highest BCUT2D eigenvalue weighted by molar-refractivity contribution is 8.00. The van der Waals surface area contributed by atoms with Gasteiger partial charge < -0.3 is 19.5 Å². The Labute approximate surface area is 152 Å². The number of methoxy groups -OCH3 is 1. The van der Waals surface area contributed by atoms with Gasteiger partial charge in [0.15, 0.2) is 0 Å². The van der Waals surface area contributed by atoms with Gasteiger partial charge in [0, 0.05) is 39.2 Å². The van der Waals surface area contributed by atoms with Crippen LogP contribution in [-0.4, -0.2) is 81.7 Å². The van der Waals surface area contributed by atoms with Gasteiger partial charge in [0.05, 0.1) is 0 Å². The van der Waals surface area contributed by atoms with Crippen molar-refractivity contribution in [1.29, 1.82) is 0 Å². The van der Waals surface area contributed by atoms with Crippen molar-refractivity contribution in [1.82, 2.24) is 9.80 Å². The molecule has 0 radical (unpaired) electrons. The standard InChI is InChI=1S/C15H18N2O8S/c1-8(18)25-6-14(13(22)23)5-16-11(21)15(24-2,12(16)26-7-14)17-9(19)3-4-10(17)20/h12H,3-7H2,1-2H3,(H,22,23)/t12-,14?,15?/m1/s1. The van der Waals surface area contributed by atoms with Crippen molar-refractivity contribution in [2.75, 3.05) is 26.0 Å². The Hall–Kier alpha value is -2.14. The third-order valence-corrected chi connectivity index (χ3v) is 6.48. The van der Waals surface area contributed by atoms with Crippen LogP contribution in [0.25, 0.3) is 0 Å². The first-order valence-electron chi connectivity index (χ1n) is 7.90. The molecule has 0 aromatic rings. The minimum absolute atomic E-state index is 0.0140. The lowest BCUT2D eigenvalue weighted by atomic mass is 9.86. The summed E-state index contributed by atoms with van der Waals surface area (Å²) in [7, 11) is 1.24. The lowest BCUT2D eigenvalue weighted by Gasteiger charge is -2.60. The van der Waals surface area contributed by atoms with E-state index in [4.69, 9.17) is 9.47 Å². The van der Waals surface area contributed by atoms with E-state index in [2.05, 4.69) is 0 Å². The summed E-state index contributed by atoms with van der Waals surface area (Å²) < 4.78 is 10.2. The Morgan fingerprint density at radius 2 is 1.88 bits per heavy atom. The molecular formula is C15H18N2O8S. The summed E-state index contributed by atoms with van der Waals surface area (Å²) in [5.74, 6) is -3.39. The van der Waals surface area contributed by atoms with Gasteiger partial charge in [0.2, 0.25) is 11.8 Å². The highest BCUT2D eigenvalue weighted by atomic mass is 32.2. The molecule has 1 N–H and O–H groups in total. The fourth-order valence-corrected chi connectivity index (χ4v) is 5.14. The molecule has 11 heteroatoms. The fraction of sp³-hybridized carbons (Fsp3) is 0.667. The number of carboxylic acids is 1. The number of esters is 1. The number of thioether (sulfide) groups is 1. The summed E-state index contributed by atoms with van der Waals surface area (Å²) in [6.07, 6.45) is 0.0280. The number of β-lactam (4-membered cyclic amide) rings is 1. The van der Waals surface area contributed by atoms with E-state index in [9.17, 15) is 29.1 Å². The van der Waals surface area contributed by atoms with E-state index in [0.29, 0.717) is 0 Å². The van der Waals surface area contributed by atoms with Gasteiger partial charge in [-0.05, 0) is 0 Å². The molecule has 2 unspecified atom stereocenters. The molecule has 0 spiro atoms. The van der Waals surface area contributed by atoms with Crippen molar-refractivity contribution in [3.8, 4) is 0 Å². The van der Waals surface area contributed by atoms with Gasteiger partial charge in [-0.15, -0.1) is 11.8 Å². The average Bonchev–Trinajstić information content (AvgIpc) is 2.93. The lowest BCUT2D eigenvalue weighted by Crippen LogP contribution is -2.83. The summed E-state index contributed by atoms with van der Waals surface area (Å²) in [6.45, 7) is 0.597. The Bertz CT molecular complexity index is 696. The molecule has 3 rings (SSSR count). The van der Waals surface area contributed by atoms with E-state index in [0.717, 1.165) is 16.7 Å². The number of hydrogen-bond donors (Lipinski definition) is 1. The SMILES string of the molecule is COC1(N2C(=O)CCC2=O)C(=O)N2CC(COC(C)=O)(C(=O)O)CS[C@@H]21. The number of amides is 3. The molecule has 3 fully saturated rings. The molecule has 3 atom stereocenters. The zero-order chi connectivity index (χ0) is 19.3. The second kappa shape index (κ2) is 6.23. The first-order valence-corrected chi connectivity index (χ1v) is 8.95. The molecule has 3 aliphatic rings. The molecule has 0 aromatic carbocycles. The molecule has 3 saturated heterocycles. The van der Waals surface area contributed by atoms with Crippen molar-refractivity contribution >= 4 is 41.4 Å². The molecule has 142 valence electrons. The van der Waals surface area contributed by atoms with E-state index in [1.165, 1.54) is 18.9 Å². The normalized spacial score (nSPS) is 33.8. The van der Waals surface area contributed by atoms with Crippen molar-refractivity contribution in [3.63, 3.8) is 0 Å². The summed E-state index contributed by atoms with van der Waals surface area (Å²) in [5.41, 5.74) is -3.19. The van der Waals surface area contributed by atoms with Crippen molar-refractivity contribution < 1.29 is 38.6 Å². The van der Waals surface area contributed by atoms with Crippen LogP contribution in [0.4, 0.5) is 0 Å². The Morgan fingerprint density at radius 1 is 1.27 bits per heavy atom.